The fourth-order valence-corrected chi connectivity index (χ4v) is 2.83. The monoisotopic (exact) mass is 272 g/mol. The molecule has 1 atom stereocenters. The van der Waals surface area contributed by atoms with Gasteiger partial charge in [0, 0.05) is 0 Å². The number of fused-ring (bicyclic) bond motifs is 1. The van der Waals surface area contributed by atoms with Crippen LogP contribution >= 0.6 is 11.6 Å². The van der Waals surface area contributed by atoms with Gasteiger partial charge in [-0.15, -0.1) is 11.6 Å². The molecule has 0 aliphatic carbocycles. The zero-order valence-electron chi connectivity index (χ0n) is 11.0. The molecule has 2 aromatic carbocycles. The highest BCUT2D eigenvalue weighted by Gasteiger charge is 2.15. The summed E-state index contributed by atoms with van der Waals surface area (Å²) in [5.74, 6) is 1.02. The number of alkyl halides is 1. The number of ether oxygens (including phenoxy) is 1. The molecule has 0 amide bonds. The number of halogens is 1. The molecule has 3 rings (SSSR count). The lowest BCUT2D eigenvalue weighted by molar-refractivity contribution is 0.288. The van der Waals surface area contributed by atoms with Gasteiger partial charge in [-0.1, -0.05) is 42.0 Å². The molecule has 0 fully saturated rings. The van der Waals surface area contributed by atoms with Gasteiger partial charge in [-0.05, 0) is 42.5 Å². The molecule has 98 valence electrons. The number of aryl methyl sites for hydroxylation is 2. The van der Waals surface area contributed by atoms with Gasteiger partial charge in [0.2, 0.25) is 0 Å². The van der Waals surface area contributed by atoms with Gasteiger partial charge in [0.1, 0.15) is 5.75 Å². The van der Waals surface area contributed by atoms with Crippen LogP contribution in [-0.2, 0) is 6.42 Å². The summed E-state index contributed by atoms with van der Waals surface area (Å²) < 4.78 is 5.64. The molecule has 1 unspecified atom stereocenters. The lowest BCUT2D eigenvalue weighted by Gasteiger charge is -2.19. The van der Waals surface area contributed by atoms with Crippen molar-refractivity contribution in [2.24, 2.45) is 0 Å². The van der Waals surface area contributed by atoms with Crippen LogP contribution in [0.15, 0.2) is 42.5 Å². The van der Waals surface area contributed by atoms with E-state index in [1.54, 1.807) is 0 Å². The van der Waals surface area contributed by atoms with Crippen LogP contribution in [0.4, 0.5) is 0 Å². The molecule has 0 bridgehead atoms. The van der Waals surface area contributed by atoms with E-state index in [9.17, 15) is 0 Å². The van der Waals surface area contributed by atoms with Gasteiger partial charge in [0.25, 0.3) is 0 Å². The van der Waals surface area contributed by atoms with E-state index < -0.39 is 0 Å². The smallest absolute Gasteiger partial charge is 0.122 e. The van der Waals surface area contributed by atoms with E-state index in [4.69, 9.17) is 16.3 Å². The van der Waals surface area contributed by atoms with E-state index in [1.165, 1.54) is 11.1 Å². The summed E-state index contributed by atoms with van der Waals surface area (Å²) in [4.78, 5) is 0. The second kappa shape index (κ2) is 5.26. The SMILES string of the molecule is Cc1cccc(C(Cl)c2ccc3c(c2)CCCO3)c1. The Bertz CT molecular complexity index is 592. The standard InChI is InChI=1S/C17H17ClO/c1-12-4-2-5-14(10-12)17(18)15-7-8-16-13(11-15)6-3-9-19-16/h2,4-5,7-8,10-11,17H,3,6,9H2,1H3. The highest BCUT2D eigenvalue weighted by molar-refractivity contribution is 6.22. The second-order valence-electron chi connectivity index (χ2n) is 5.10. The van der Waals surface area contributed by atoms with Crippen LogP contribution in [0.5, 0.6) is 5.75 Å². The molecular formula is C17H17ClO. The predicted molar refractivity (Wildman–Crippen MR) is 79.1 cm³/mol. The fourth-order valence-electron chi connectivity index (χ4n) is 2.56. The summed E-state index contributed by atoms with van der Waals surface area (Å²) in [6, 6.07) is 14.7. The van der Waals surface area contributed by atoms with E-state index in [-0.39, 0.29) is 5.38 Å². The van der Waals surface area contributed by atoms with Crippen molar-refractivity contribution in [1.29, 1.82) is 0 Å². The molecular weight excluding hydrogens is 256 g/mol. The molecule has 2 heteroatoms. The third kappa shape index (κ3) is 2.62. The lowest BCUT2D eigenvalue weighted by Crippen LogP contribution is -2.08. The molecule has 2 aromatic rings. The average molecular weight is 273 g/mol. The third-order valence-corrected chi connectivity index (χ3v) is 4.06. The first-order valence-corrected chi connectivity index (χ1v) is 7.14. The second-order valence-corrected chi connectivity index (χ2v) is 5.53. The first-order chi connectivity index (χ1) is 9.24. The third-order valence-electron chi connectivity index (χ3n) is 3.56. The molecule has 19 heavy (non-hydrogen) atoms. The highest BCUT2D eigenvalue weighted by atomic mass is 35.5. The van der Waals surface area contributed by atoms with E-state index in [2.05, 4.69) is 49.4 Å². The van der Waals surface area contributed by atoms with Crippen molar-refractivity contribution in [3.63, 3.8) is 0 Å². The summed E-state index contributed by atoms with van der Waals surface area (Å²) in [5.41, 5.74) is 4.82. The summed E-state index contributed by atoms with van der Waals surface area (Å²) in [5, 5.41) is -0.0906. The highest BCUT2D eigenvalue weighted by Crippen LogP contribution is 2.33. The van der Waals surface area contributed by atoms with Gasteiger partial charge in [-0.3, -0.25) is 0 Å². The minimum absolute atomic E-state index is 0.0906. The zero-order chi connectivity index (χ0) is 13.2. The van der Waals surface area contributed by atoms with Crippen molar-refractivity contribution < 1.29 is 4.74 Å². The van der Waals surface area contributed by atoms with E-state index in [1.807, 2.05) is 0 Å². The Hall–Kier alpha value is -1.47. The Morgan fingerprint density at radius 3 is 2.79 bits per heavy atom. The Morgan fingerprint density at radius 1 is 1.11 bits per heavy atom. The van der Waals surface area contributed by atoms with E-state index >= 15 is 0 Å². The van der Waals surface area contributed by atoms with Gasteiger partial charge < -0.3 is 4.74 Å². The molecule has 0 saturated heterocycles. The number of hydrogen-bond donors (Lipinski definition) is 0. The largest absolute Gasteiger partial charge is 0.493 e. The topological polar surface area (TPSA) is 9.23 Å². The Labute approximate surface area is 119 Å². The maximum Gasteiger partial charge on any atom is 0.122 e. The van der Waals surface area contributed by atoms with Crippen molar-refractivity contribution in [2.75, 3.05) is 6.61 Å². The number of benzene rings is 2. The molecule has 0 aromatic heterocycles. The summed E-state index contributed by atoms with van der Waals surface area (Å²) in [6.07, 6.45) is 2.18. The minimum atomic E-state index is -0.0906. The van der Waals surface area contributed by atoms with Crippen LogP contribution in [0.3, 0.4) is 0 Å². The molecule has 1 heterocycles. The molecule has 0 N–H and O–H groups in total. The molecule has 0 saturated carbocycles. The van der Waals surface area contributed by atoms with Crippen molar-refractivity contribution in [1.82, 2.24) is 0 Å². The number of rotatable bonds is 2. The summed E-state index contributed by atoms with van der Waals surface area (Å²) in [7, 11) is 0. The van der Waals surface area contributed by atoms with Gasteiger partial charge in [-0.25, -0.2) is 0 Å². The van der Waals surface area contributed by atoms with Gasteiger partial charge in [-0.2, -0.15) is 0 Å². The van der Waals surface area contributed by atoms with Gasteiger partial charge in [0.15, 0.2) is 0 Å². The first kappa shape index (κ1) is 12.6. The van der Waals surface area contributed by atoms with Gasteiger partial charge in [0.05, 0.1) is 12.0 Å². The Balaban J connectivity index is 1.93. The van der Waals surface area contributed by atoms with Crippen LogP contribution in [0.25, 0.3) is 0 Å². The maximum atomic E-state index is 6.61. The van der Waals surface area contributed by atoms with E-state index in [0.717, 1.165) is 36.3 Å². The van der Waals surface area contributed by atoms with Crippen LogP contribution < -0.4 is 4.74 Å². The van der Waals surface area contributed by atoms with Crippen LogP contribution in [0.1, 0.15) is 34.1 Å². The van der Waals surface area contributed by atoms with Crippen LogP contribution in [0, 0.1) is 6.92 Å². The average Bonchev–Trinajstić information content (AvgIpc) is 2.46. The molecule has 0 spiro atoms. The van der Waals surface area contributed by atoms with Crippen molar-refractivity contribution in [3.8, 4) is 5.75 Å². The fraction of sp³-hybridized carbons (Fsp3) is 0.294. The first-order valence-electron chi connectivity index (χ1n) is 6.70. The van der Waals surface area contributed by atoms with Gasteiger partial charge >= 0.3 is 0 Å². The maximum absolute atomic E-state index is 6.61. The van der Waals surface area contributed by atoms with Crippen molar-refractivity contribution in [3.05, 3.63) is 64.7 Å². The Morgan fingerprint density at radius 2 is 1.95 bits per heavy atom. The normalized spacial score (nSPS) is 15.5. The zero-order valence-corrected chi connectivity index (χ0v) is 11.8. The van der Waals surface area contributed by atoms with Crippen LogP contribution in [0.2, 0.25) is 0 Å². The molecule has 1 nitrogen and oxygen atoms in total. The summed E-state index contributed by atoms with van der Waals surface area (Å²) in [6.45, 7) is 2.92. The minimum Gasteiger partial charge on any atom is -0.493 e. The van der Waals surface area contributed by atoms with Crippen LogP contribution in [-0.4, -0.2) is 6.61 Å². The quantitative estimate of drug-likeness (QED) is 0.723. The lowest BCUT2D eigenvalue weighted by atomic mass is 9.98. The Kier molecular flexibility index (Phi) is 3.48. The molecule has 1 aliphatic heterocycles. The molecule has 0 radical (unpaired) electrons. The molecule has 1 aliphatic rings. The predicted octanol–water partition coefficient (Wildman–Crippen LogP) is 4.65. The van der Waals surface area contributed by atoms with Crippen molar-refractivity contribution >= 4 is 11.6 Å². The van der Waals surface area contributed by atoms with Crippen molar-refractivity contribution in [2.45, 2.75) is 25.1 Å². The number of hydrogen-bond acceptors (Lipinski definition) is 1. The summed E-state index contributed by atoms with van der Waals surface area (Å²) >= 11 is 6.61. The van der Waals surface area contributed by atoms with E-state index in [0.29, 0.717) is 0 Å².